The number of morpholine rings is 1. The molecule has 3 atom stereocenters. The van der Waals surface area contributed by atoms with Gasteiger partial charge in [0.15, 0.2) is 0 Å². The fourth-order valence-corrected chi connectivity index (χ4v) is 2.75. The van der Waals surface area contributed by atoms with Crippen molar-refractivity contribution in [3.63, 3.8) is 0 Å². The van der Waals surface area contributed by atoms with Crippen LogP contribution in [0.5, 0.6) is 0 Å². The second kappa shape index (κ2) is 7.00. The summed E-state index contributed by atoms with van der Waals surface area (Å²) in [4.78, 5) is 14.9. The van der Waals surface area contributed by atoms with Crippen LogP contribution in [-0.2, 0) is 16.0 Å². The van der Waals surface area contributed by atoms with E-state index in [2.05, 4.69) is 0 Å². The molecular weight excluding hydrogens is 284 g/mol. The van der Waals surface area contributed by atoms with E-state index in [1.165, 1.54) is 0 Å². The molecule has 1 aromatic rings. The van der Waals surface area contributed by atoms with Crippen molar-refractivity contribution in [1.82, 2.24) is 4.90 Å². The van der Waals surface area contributed by atoms with Gasteiger partial charge in [-0.2, -0.15) is 0 Å². The Morgan fingerprint density at radius 2 is 2.10 bits per heavy atom. The van der Waals surface area contributed by atoms with Crippen molar-refractivity contribution >= 4 is 23.1 Å². The number of carbonyl (C=O) groups excluding carboxylic acids is 1. The predicted molar refractivity (Wildman–Crippen MR) is 87.0 cm³/mol. The third kappa shape index (κ3) is 4.02. The van der Waals surface area contributed by atoms with Gasteiger partial charge < -0.3 is 15.4 Å². The number of rotatable bonds is 4. The van der Waals surface area contributed by atoms with Crippen LogP contribution in [0.2, 0.25) is 0 Å². The van der Waals surface area contributed by atoms with Gasteiger partial charge in [0.25, 0.3) is 0 Å². The van der Waals surface area contributed by atoms with Gasteiger partial charge in [0.05, 0.1) is 29.7 Å². The third-order valence-electron chi connectivity index (χ3n) is 3.82. The van der Waals surface area contributed by atoms with E-state index in [9.17, 15) is 4.79 Å². The second-order valence-electron chi connectivity index (χ2n) is 5.63. The topological polar surface area (TPSA) is 55.6 Å². The normalized spacial score (nSPS) is 23.6. The van der Waals surface area contributed by atoms with Gasteiger partial charge in [-0.05, 0) is 25.8 Å². The highest BCUT2D eigenvalue weighted by Crippen LogP contribution is 2.18. The van der Waals surface area contributed by atoms with Crippen molar-refractivity contribution in [2.45, 2.75) is 32.4 Å². The van der Waals surface area contributed by atoms with Crippen molar-refractivity contribution in [2.24, 2.45) is 11.7 Å². The highest BCUT2D eigenvalue weighted by molar-refractivity contribution is 7.80. The summed E-state index contributed by atoms with van der Waals surface area (Å²) in [6, 6.07) is 9.90. The van der Waals surface area contributed by atoms with Crippen LogP contribution in [0, 0.1) is 5.92 Å². The lowest BCUT2D eigenvalue weighted by molar-refractivity contribution is -0.145. The molecule has 0 aromatic heterocycles. The highest BCUT2D eigenvalue weighted by atomic mass is 32.1. The van der Waals surface area contributed by atoms with Gasteiger partial charge in [0, 0.05) is 6.54 Å². The lowest BCUT2D eigenvalue weighted by Crippen LogP contribution is -2.53. The SMILES string of the molecule is CC1CN(C(=O)C(Cc2ccccc2)C(N)=S)C(C)CO1. The number of amides is 1. The van der Waals surface area contributed by atoms with Gasteiger partial charge in [-0.15, -0.1) is 0 Å². The molecule has 1 saturated heterocycles. The fourth-order valence-electron chi connectivity index (χ4n) is 2.57. The van der Waals surface area contributed by atoms with Crippen LogP contribution in [0.1, 0.15) is 19.4 Å². The number of hydrogen-bond donors (Lipinski definition) is 1. The standard InChI is InChI=1S/C16H22N2O2S/c1-11-10-20-12(2)9-18(11)16(19)14(15(17)21)8-13-6-4-3-5-7-13/h3-7,11-12,14H,8-10H2,1-2H3,(H2,17,21). The minimum absolute atomic E-state index is 0.00834. The first-order valence-electron chi connectivity index (χ1n) is 7.24. The molecule has 0 bridgehead atoms. The zero-order valence-electron chi connectivity index (χ0n) is 12.5. The summed E-state index contributed by atoms with van der Waals surface area (Å²) in [5, 5.41) is 0. The molecule has 0 aliphatic carbocycles. The summed E-state index contributed by atoms with van der Waals surface area (Å²) in [7, 11) is 0. The van der Waals surface area contributed by atoms with Gasteiger partial charge in [0.1, 0.15) is 0 Å². The smallest absolute Gasteiger partial charge is 0.233 e. The molecule has 1 amide bonds. The van der Waals surface area contributed by atoms with Crippen LogP contribution < -0.4 is 5.73 Å². The van der Waals surface area contributed by atoms with Crippen LogP contribution in [0.3, 0.4) is 0 Å². The molecule has 0 radical (unpaired) electrons. The Hall–Kier alpha value is -1.46. The summed E-state index contributed by atoms with van der Waals surface area (Å²) in [5.74, 6) is -0.441. The first-order valence-corrected chi connectivity index (χ1v) is 7.65. The number of benzene rings is 1. The molecule has 0 spiro atoms. The molecule has 21 heavy (non-hydrogen) atoms. The molecule has 1 heterocycles. The van der Waals surface area contributed by atoms with Gasteiger partial charge in [-0.25, -0.2) is 0 Å². The van der Waals surface area contributed by atoms with Gasteiger partial charge in [-0.1, -0.05) is 42.5 Å². The monoisotopic (exact) mass is 306 g/mol. The lowest BCUT2D eigenvalue weighted by atomic mass is 9.96. The maximum Gasteiger partial charge on any atom is 0.233 e. The molecule has 1 aliphatic rings. The van der Waals surface area contributed by atoms with Crippen molar-refractivity contribution < 1.29 is 9.53 Å². The van der Waals surface area contributed by atoms with Crippen LogP contribution >= 0.6 is 12.2 Å². The quantitative estimate of drug-likeness (QED) is 0.861. The molecule has 3 unspecified atom stereocenters. The molecule has 2 N–H and O–H groups in total. The summed E-state index contributed by atoms with van der Waals surface area (Å²) in [6.45, 7) is 5.11. The van der Waals surface area contributed by atoms with Gasteiger partial charge >= 0.3 is 0 Å². The van der Waals surface area contributed by atoms with E-state index >= 15 is 0 Å². The summed E-state index contributed by atoms with van der Waals surface area (Å²) < 4.78 is 5.57. The van der Waals surface area contributed by atoms with Crippen molar-refractivity contribution in [3.05, 3.63) is 35.9 Å². The number of thiocarbonyl (C=S) groups is 1. The molecule has 1 aliphatic heterocycles. The number of hydrogen-bond acceptors (Lipinski definition) is 3. The molecule has 0 saturated carbocycles. The largest absolute Gasteiger partial charge is 0.393 e. The predicted octanol–water partition coefficient (Wildman–Crippen LogP) is 1.77. The molecule has 4 nitrogen and oxygen atoms in total. The Morgan fingerprint density at radius 1 is 1.43 bits per heavy atom. The van der Waals surface area contributed by atoms with Crippen molar-refractivity contribution in [3.8, 4) is 0 Å². The van der Waals surface area contributed by atoms with Crippen LogP contribution in [-0.4, -0.2) is 41.1 Å². The minimum atomic E-state index is -0.449. The van der Waals surface area contributed by atoms with E-state index in [-0.39, 0.29) is 23.0 Å². The first kappa shape index (κ1) is 15.9. The Balaban J connectivity index is 2.13. The zero-order chi connectivity index (χ0) is 15.4. The summed E-state index contributed by atoms with van der Waals surface area (Å²) in [6.07, 6.45) is 0.599. The summed E-state index contributed by atoms with van der Waals surface area (Å²) in [5.41, 5.74) is 6.89. The van der Waals surface area contributed by atoms with Crippen LogP contribution in [0.25, 0.3) is 0 Å². The second-order valence-corrected chi connectivity index (χ2v) is 6.10. The molecular formula is C16H22N2O2S. The fraction of sp³-hybridized carbons (Fsp3) is 0.500. The van der Waals surface area contributed by atoms with Crippen LogP contribution in [0.4, 0.5) is 0 Å². The Bertz CT molecular complexity index is 506. The average molecular weight is 306 g/mol. The maximum atomic E-state index is 12.8. The van der Waals surface area contributed by atoms with Crippen molar-refractivity contribution in [1.29, 1.82) is 0 Å². The summed E-state index contributed by atoms with van der Waals surface area (Å²) >= 11 is 5.13. The number of nitrogens with zero attached hydrogens (tertiary/aromatic N) is 1. The molecule has 2 rings (SSSR count). The maximum absolute atomic E-state index is 12.8. The van der Waals surface area contributed by atoms with Gasteiger partial charge in [0.2, 0.25) is 5.91 Å². The first-order chi connectivity index (χ1) is 9.99. The van der Waals surface area contributed by atoms with Gasteiger partial charge in [-0.3, -0.25) is 4.79 Å². The van der Waals surface area contributed by atoms with E-state index < -0.39 is 5.92 Å². The number of ether oxygens (including phenoxy) is 1. The Morgan fingerprint density at radius 3 is 2.71 bits per heavy atom. The minimum Gasteiger partial charge on any atom is -0.393 e. The third-order valence-corrected chi connectivity index (χ3v) is 4.10. The van der Waals surface area contributed by atoms with E-state index in [0.29, 0.717) is 19.6 Å². The molecule has 114 valence electrons. The molecule has 5 heteroatoms. The highest BCUT2D eigenvalue weighted by Gasteiger charge is 2.33. The van der Waals surface area contributed by atoms with E-state index in [1.54, 1.807) is 0 Å². The number of nitrogens with two attached hydrogens (primary N) is 1. The average Bonchev–Trinajstić information content (AvgIpc) is 2.47. The van der Waals surface area contributed by atoms with Crippen LogP contribution in [0.15, 0.2) is 30.3 Å². The van der Waals surface area contributed by atoms with E-state index in [1.807, 2.05) is 49.1 Å². The Kier molecular flexibility index (Phi) is 5.31. The molecule has 1 fully saturated rings. The lowest BCUT2D eigenvalue weighted by Gasteiger charge is -2.38. The van der Waals surface area contributed by atoms with Crippen molar-refractivity contribution in [2.75, 3.05) is 13.2 Å². The number of carbonyl (C=O) groups is 1. The Labute approximate surface area is 131 Å². The van der Waals surface area contributed by atoms with E-state index in [0.717, 1.165) is 5.56 Å². The molecule has 1 aromatic carbocycles. The van der Waals surface area contributed by atoms with E-state index in [4.69, 9.17) is 22.7 Å². The zero-order valence-corrected chi connectivity index (χ0v) is 13.3.